The molecular weight excluding hydrogens is 460 g/mol. The number of para-hydroxylation sites is 1. The van der Waals surface area contributed by atoms with Crippen LogP contribution < -0.4 is 10.6 Å². The number of amides is 2. The maximum Gasteiger partial charge on any atom is 0.253 e. The summed E-state index contributed by atoms with van der Waals surface area (Å²) in [6, 6.07) is 19.3. The Morgan fingerprint density at radius 2 is 1.67 bits per heavy atom. The van der Waals surface area contributed by atoms with Crippen molar-refractivity contribution in [2.45, 2.75) is 16.5 Å². The van der Waals surface area contributed by atoms with Crippen LogP contribution in [0.5, 0.6) is 0 Å². The van der Waals surface area contributed by atoms with Crippen LogP contribution in [0, 0.1) is 0 Å². The third-order valence-corrected chi connectivity index (χ3v) is 7.32. The second kappa shape index (κ2) is 11.1. The number of aromatic nitrogens is 1. The van der Waals surface area contributed by atoms with Crippen LogP contribution in [0.2, 0.25) is 0 Å². The Balaban J connectivity index is 1.58. The van der Waals surface area contributed by atoms with E-state index < -0.39 is 10.0 Å². The summed E-state index contributed by atoms with van der Waals surface area (Å²) in [5.74, 6) is -0.552. The number of sulfonamides is 1. The van der Waals surface area contributed by atoms with Gasteiger partial charge in [0.15, 0.2) is 0 Å². The number of anilines is 1. The summed E-state index contributed by atoms with van der Waals surface area (Å²) in [5.41, 5.74) is 1.75. The molecule has 0 aliphatic heterocycles. The Morgan fingerprint density at radius 1 is 0.970 bits per heavy atom. The minimum atomic E-state index is -3.56. The van der Waals surface area contributed by atoms with Crippen molar-refractivity contribution >= 4 is 39.3 Å². The average molecular weight is 485 g/mol. The van der Waals surface area contributed by atoms with E-state index in [1.54, 1.807) is 30.3 Å². The minimum absolute atomic E-state index is 0.0484. The van der Waals surface area contributed by atoms with E-state index in [1.165, 1.54) is 38.1 Å². The standard InChI is InChI=1S/C23H24N4O4S2/c1-27(2)33(30,31)18-12-13-22(24-15-18)32-16-21(28)26-20-11-7-6-10-19(20)23(29)25-14-17-8-4-3-5-9-17/h3-13,15H,14,16H2,1-2H3,(H,25,29)(H,26,28). The third-order valence-electron chi connectivity index (χ3n) is 4.58. The molecule has 0 radical (unpaired) electrons. The van der Waals surface area contributed by atoms with Crippen LogP contribution in [0.1, 0.15) is 15.9 Å². The Kier molecular flexibility index (Phi) is 8.21. The molecule has 10 heteroatoms. The molecule has 0 saturated carbocycles. The zero-order valence-corrected chi connectivity index (χ0v) is 19.8. The van der Waals surface area contributed by atoms with Crippen molar-refractivity contribution in [2.75, 3.05) is 25.2 Å². The van der Waals surface area contributed by atoms with E-state index in [9.17, 15) is 18.0 Å². The molecule has 0 unspecified atom stereocenters. The fourth-order valence-electron chi connectivity index (χ4n) is 2.80. The molecule has 0 saturated heterocycles. The normalized spacial score (nSPS) is 11.2. The highest BCUT2D eigenvalue weighted by Crippen LogP contribution is 2.20. The lowest BCUT2D eigenvalue weighted by Gasteiger charge is -2.12. The van der Waals surface area contributed by atoms with E-state index in [-0.39, 0.29) is 22.5 Å². The number of hydrogen-bond donors (Lipinski definition) is 2. The van der Waals surface area contributed by atoms with Gasteiger partial charge in [-0.2, -0.15) is 0 Å². The lowest BCUT2D eigenvalue weighted by atomic mass is 10.1. The van der Waals surface area contributed by atoms with Gasteiger partial charge in [0, 0.05) is 26.8 Å². The quantitative estimate of drug-likeness (QED) is 0.452. The smallest absolute Gasteiger partial charge is 0.253 e. The van der Waals surface area contributed by atoms with Crippen LogP contribution in [0.4, 0.5) is 5.69 Å². The first-order valence-electron chi connectivity index (χ1n) is 10.00. The first kappa shape index (κ1) is 24.4. The van der Waals surface area contributed by atoms with E-state index in [1.807, 2.05) is 30.3 Å². The van der Waals surface area contributed by atoms with Crippen molar-refractivity contribution in [3.8, 4) is 0 Å². The van der Waals surface area contributed by atoms with Gasteiger partial charge >= 0.3 is 0 Å². The van der Waals surface area contributed by atoms with Crippen LogP contribution in [-0.2, 0) is 21.4 Å². The summed E-state index contributed by atoms with van der Waals surface area (Å²) < 4.78 is 25.3. The average Bonchev–Trinajstić information content (AvgIpc) is 2.82. The molecule has 2 aromatic carbocycles. The highest BCUT2D eigenvalue weighted by Gasteiger charge is 2.18. The largest absolute Gasteiger partial charge is 0.348 e. The molecule has 3 rings (SSSR count). The summed E-state index contributed by atoms with van der Waals surface area (Å²) in [6.07, 6.45) is 1.27. The summed E-state index contributed by atoms with van der Waals surface area (Å²) in [5, 5.41) is 6.12. The number of benzene rings is 2. The van der Waals surface area contributed by atoms with Crippen LogP contribution in [0.3, 0.4) is 0 Å². The predicted octanol–water partition coefficient (Wildman–Crippen LogP) is 2.99. The van der Waals surface area contributed by atoms with Gasteiger partial charge in [-0.15, -0.1) is 0 Å². The van der Waals surface area contributed by atoms with Gasteiger partial charge in [0.25, 0.3) is 5.91 Å². The molecule has 0 fully saturated rings. The molecule has 1 heterocycles. The van der Waals surface area contributed by atoms with Crippen molar-refractivity contribution in [1.82, 2.24) is 14.6 Å². The van der Waals surface area contributed by atoms with Crippen molar-refractivity contribution in [2.24, 2.45) is 0 Å². The number of rotatable bonds is 9. The van der Waals surface area contributed by atoms with Gasteiger partial charge in [-0.1, -0.05) is 54.2 Å². The van der Waals surface area contributed by atoms with Crippen LogP contribution in [0.25, 0.3) is 0 Å². The predicted molar refractivity (Wildman–Crippen MR) is 129 cm³/mol. The lowest BCUT2D eigenvalue weighted by molar-refractivity contribution is -0.113. The number of carbonyl (C=O) groups excluding carboxylic acids is 2. The molecule has 2 amide bonds. The number of pyridine rings is 1. The fraction of sp³-hybridized carbons (Fsp3) is 0.174. The molecule has 0 aliphatic carbocycles. The van der Waals surface area contributed by atoms with E-state index in [0.717, 1.165) is 9.87 Å². The SMILES string of the molecule is CN(C)S(=O)(=O)c1ccc(SCC(=O)Nc2ccccc2C(=O)NCc2ccccc2)nc1. The molecular formula is C23H24N4O4S2. The van der Waals surface area contributed by atoms with E-state index in [2.05, 4.69) is 15.6 Å². The van der Waals surface area contributed by atoms with Gasteiger partial charge in [0.2, 0.25) is 15.9 Å². The molecule has 0 spiro atoms. The number of nitrogens with zero attached hydrogens (tertiary/aromatic N) is 2. The Hall–Kier alpha value is -3.21. The van der Waals surface area contributed by atoms with Crippen molar-refractivity contribution in [1.29, 1.82) is 0 Å². The van der Waals surface area contributed by atoms with Crippen molar-refractivity contribution in [3.63, 3.8) is 0 Å². The van der Waals surface area contributed by atoms with Gasteiger partial charge in [0.05, 0.1) is 22.0 Å². The van der Waals surface area contributed by atoms with Gasteiger partial charge in [0.1, 0.15) is 4.90 Å². The van der Waals surface area contributed by atoms with Gasteiger partial charge in [-0.3, -0.25) is 9.59 Å². The first-order chi connectivity index (χ1) is 15.8. The Labute approximate surface area is 197 Å². The van der Waals surface area contributed by atoms with E-state index >= 15 is 0 Å². The molecule has 0 aliphatic rings. The number of carbonyl (C=O) groups is 2. The van der Waals surface area contributed by atoms with Crippen molar-refractivity contribution < 1.29 is 18.0 Å². The summed E-state index contributed by atoms with van der Waals surface area (Å²) in [7, 11) is -0.664. The highest BCUT2D eigenvalue weighted by molar-refractivity contribution is 7.99. The zero-order chi connectivity index (χ0) is 23.8. The zero-order valence-electron chi connectivity index (χ0n) is 18.2. The maximum atomic E-state index is 12.6. The number of nitrogens with one attached hydrogen (secondary N) is 2. The van der Waals surface area contributed by atoms with Crippen molar-refractivity contribution in [3.05, 3.63) is 84.1 Å². The fourth-order valence-corrected chi connectivity index (χ4v) is 4.30. The molecule has 33 heavy (non-hydrogen) atoms. The maximum absolute atomic E-state index is 12.6. The highest BCUT2D eigenvalue weighted by atomic mass is 32.2. The van der Waals surface area contributed by atoms with Crippen LogP contribution in [0.15, 0.2) is 82.8 Å². The van der Waals surface area contributed by atoms with E-state index in [0.29, 0.717) is 22.8 Å². The Bertz CT molecular complexity index is 1210. The monoisotopic (exact) mass is 484 g/mol. The summed E-state index contributed by atoms with van der Waals surface area (Å²) in [4.78, 5) is 29.3. The third kappa shape index (κ3) is 6.64. The second-order valence-corrected chi connectivity index (χ2v) is 10.3. The topological polar surface area (TPSA) is 108 Å². The summed E-state index contributed by atoms with van der Waals surface area (Å²) >= 11 is 1.17. The number of hydrogen-bond acceptors (Lipinski definition) is 6. The summed E-state index contributed by atoms with van der Waals surface area (Å²) in [6.45, 7) is 0.378. The number of thioether (sulfide) groups is 1. The van der Waals surface area contributed by atoms with Crippen LogP contribution >= 0.6 is 11.8 Å². The molecule has 8 nitrogen and oxygen atoms in total. The molecule has 0 atom stereocenters. The molecule has 1 aromatic heterocycles. The van der Waals surface area contributed by atoms with Gasteiger partial charge in [-0.25, -0.2) is 17.7 Å². The molecule has 3 aromatic rings. The van der Waals surface area contributed by atoms with E-state index in [4.69, 9.17) is 0 Å². The molecule has 2 N–H and O–H groups in total. The minimum Gasteiger partial charge on any atom is -0.348 e. The van der Waals surface area contributed by atoms with Gasteiger partial charge < -0.3 is 10.6 Å². The Morgan fingerprint density at radius 3 is 2.33 bits per heavy atom. The second-order valence-electron chi connectivity index (χ2n) is 7.17. The van der Waals surface area contributed by atoms with Gasteiger partial charge in [-0.05, 0) is 29.8 Å². The first-order valence-corrected chi connectivity index (χ1v) is 12.4. The molecule has 172 valence electrons. The molecule has 0 bridgehead atoms. The lowest BCUT2D eigenvalue weighted by Crippen LogP contribution is -2.25. The van der Waals surface area contributed by atoms with Crippen LogP contribution in [-0.4, -0.2) is 49.4 Å².